The van der Waals surface area contributed by atoms with Gasteiger partial charge in [-0.3, -0.25) is 4.79 Å². The van der Waals surface area contributed by atoms with E-state index in [-0.39, 0.29) is 47.8 Å². The Morgan fingerprint density at radius 1 is 1.07 bits per heavy atom. The number of methoxy groups -OCH3 is 1. The first kappa shape index (κ1) is 23.1. The minimum atomic E-state index is -4.98. The Balaban J connectivity index is 0.00000320. The van der Waals surface area contributed by atoms with Gasteiger partial charge in [0.15, 0.2) is 0 Å². The van der Waals surface area contributed by atoms with Crippen LogP contribution in [0.3, 0.4) is 0 Å². The summed E-state index contributed by atoms with van der Waals surface area (Å²) in [4.78, 5) is 12.9. The van der Waals surface area contributed by atoms with E-state index in [0.29, 0.717) is 5.75 Å². The molecule has 0 aliphatic carbocycles. The van der Waals surface area contributed by atoms with Crippen molar-refractivity contribution in [1.82, 2.24) is 0 Å². The Morgan fingerprint density at radius 2 is 1.67 bits per heavy atom. The standard InChI is InChI=1S/C21H19F3O5.CH4/c1-11(2)10-15-16(25)9-8-14-17(26)19(20(21(22,23)24)29-18(14)15)28-13-6-4-12(27-3)5-7-13;/h4-9,11,25H,10H2,1-3H3;1H4. The molecule has 3 aromatic rings. The maximum atomic E-state index is 13.7. The number of phenols is 1. The lowest BCUT2D eigenvalue weighted by Gasteiger charge is -2.16. The van der Waals surface area contributed by atoms with Gasteiger partial charge in [0.2, 0.25) is 11.2 Å². The van der Waals surface area contributed by atoms with Crippen molar-refractivity contribution in [2.75, 3.05) is 7.11 Å². The van der Waals surface area contributed by atoms with E-state index in [4.69, 9.17) is 13.9 Å². The number of benzene rings is 2. The van der Waals surface area contributed by atoms with E-state index in [1.807, 2.05) is 13.8 Å². The Bertz CT molecular complexity index is 1080. The largest absolute Gasteiger partial charge is 0.508 e. The van der Waals surface area contributed by atoms with Crippen molar-refractivity contribution in [3.63, 3.8) is 0 Å². The number of alkyl halides is 3. The lowest BCUT2D eigenvalue weighted by molar-refractivity contribution is -0.154. The summed E-state index contributed by atoms with van der Waals surface area (Å²) in [5, 5.41) is 10.0. The van der Waals surface area contributed by atoms with Crippen LogP contribution in [0, 0.1) is 5.92 Å². The molecule has 1 aromatic heterocycles. The van der Waals surface area contributed by atoms with E-state index in [1.54, 1.807) is 0 Å². The van der Waals surface area contributed by atoms with Gasteiger partial charge in [-0.15, -0.1) is 0 Å². The number of phenolic OH excluding ortho intramolecular Hbond substituents is 1. The minimum absolute atomic E-state index is 0. The Kier molecular flexibility index (Phi) is 6.70. The topological polar surface area (TPSA) is 68.9 Å². The highest BCUT2D eigenvalue weighted by molar-refractivity contribution is 5.83. The van der Waals surface area contributed by atoms with E-state index in [1.165, 1.54) is 43.5 Å². The van der Waals surface area contributed by atoms with Gasteiger partial charge in [-0.1, -0.05) is 21.3 Å². The van der Waals surface area contributed by atoms with Gasteiger partial charge in [-0.05, 0) is 48.7 Å². The minimum Gasteiger partial charge on any atom is -0.508 e. The van der Waals surface area contributed by atoms with Crippen molar-refractivity contribution >= 4 is 11.0 Å². The Labute approximate surface area is 171 Å². The third-order valence-electron chi connectivity index (χ3n) is 4.25. The molecule has 0 saturated heterocycles. The van der Waals surface area contributed by atoms with E-state index in [2.05, 4.69) is 0 Å². The first-order chi connectivity index (χ1) is 13.6. The molecule has 0 unspecified atom stereocenters. The zero-order valence-corrected chi connectivity index (χ0v) is 16.0. The second-order valence-corrected chi connectivity index (χ2v) is 6.90. The second-order valence-electron chi connectivity index (χ2n) is 6.90. The molecular weight excluding hydrogens is 401 g/mol. The van der Waals surface area contributed by atoms with Gasteiger partial charge in [-0.25, -0.2) is 0 Å². The first-order valence-electron chi connectivity index (χ1n) is 8.82. The van der Waals surface area contributed by atoms with Crippen LogP contribution in [0.1, 0.15) is 32.6 Å². The predicted octanol–water partition coefficient (Wildman–Crippen LogP) is 6.15. The van der Waals surface area contributed by atoms with Gasteiger partial charge in [0, 0.05) is 5.56 Å². The summed E-state index contributed by atoms with van der Waals surface area (Å²) in [7, 11) is 1.44. The lowest BCUT2D eigenvalue weighted by atomic mass is 9.99. The Hall–Kier alpha value is -3.16. The van der Waals surface area contributed by atoms with Crippen molar-refractivity contribution in [3.8, 4) is 23.0 Å². The molecule has 8 heteroatoms. The lowest BCUT2D eigenvalue weighted by Crippen LogP contribution is -2.16. The average Bonchev–Trinajstić information content (AvgIpc) is 2.65. The van der Waals surface area contributed by atoms with Gasteiger partial charge in [0.25, 0.3) is 5.76 Å². The first-order valence-corrected chi connectivity index (χ1v) is 8.82. The molecule has 162 valence electrons. The molecule has 1 heterocycles. The molecule has 0 atom stereocenters. The van der Waals surface area contributed by atoms with Crippen molar-refractivity contribution < 1.29 is 32.2 Å². The van der Waals surface area contributed by atoms with Crippen molar-refractivity contribution in [3.05, 3.63) is 57.9 Å². The molecule has 5 nitrogen and oxygen atoms in total. The monoisotopic (exact) mass is 424 g/mol. The van der Waals surface area contributed by atoms with Crippen LogP contribution >= 0.6 is 0 Å². The highest BCUT2D eigenvalue weighted by Crippen LogP contribution is 2.40. The number of ether oxygens (including phenoxy) is 2. The molecule has 0 aliphatic heterocycles. The fourth-order valence-electron chi connectivity index (χ4n) is 2.93. The molecule has 0 radical (unpaired) electrons. The number of hydrogen-bond donors (Lipinski definition) is 1. The van der Waals surface area contributed by atoms with E-state index < -0.39 is 23.1 Å². The van der Waals surface area contributed by atoms with E-state index in [9.17, 15) is 23.1 Å². The summed E-state index contributed by atoms with van der Waals surface area (Å²) in [5.74, 6) is -2.23. The van der Waals surface area contributed by atoms with Crippen LogP contribution in [0.25, 0.3) is 11.0 Å². The molecular formula is C22H23F3O5. The van der Waals surface area contributed by atoms with Crippen molar-refractivity contribution in [1.29, 1.82) is 0 Å². The quantitative estimate of drug-likeness (QED) is 0.532. The zero-order chi connectivity index (χ0) is 21.3. The van der Waals surface area contributed by atoms with Crippen LogP contribution in [0.4, 0.5) is 13.2 Å². The fraction of sp³-hybridized carbons (Fsp3) is 0.318. The number of halogens is 3. The average molecular weight is 424 g/mol. The molecule has 2 aromatic carbocycles. The predicted molar refractivity (Wildman–Crippen MR) is 107 cm³/mol. The van der Waals surface area contributed by atoms with E-state index >= 15 is 0 Å². The Morgan fingerprint density at radius 3 is 2.20 bits per heavy atom. The molecule has 0 bridgehead atoms. The highest BCUT2D eigenvalue weighted by atomic mass is 19.4. The summed E-state index contributed by atoms with van der Waals surface area (Å²) in [6, 6.07) is 8.23. The molecule has 3 rings (SSSR count). The number of hydrogen-bond acceptors (Lipinski definition) is 5. The molecule has 0 spiro atoms. The van der Waals surface area contributed by atoms with Crippen LogP contribution in [0.2, 0.25) is 0 Å². The van der Waals surface area contributed by atoms with Crippen LogP contribution < -0.4 is 14.9 Å². The number of aromatic hydroxyl groups is 1. The number of rotatable bonds is 5. The van der Waals surface area contributed by atoms with Crippen LogP contribution in [-0.4, -0.2) is 12.2 Å². The van der Waals surface area contributed by atoms with Crippen molar-refractivity contribution in [2.45, 2.75) is 33.9 Å². The molecule has 0 amide bonds. The van der Waals surface area contributed by atoms with Gasteiger partial charge < -0.3 is 19.0 Å². The van der Waals surface area contributed by atoms with Crippen molar-refractivity contribution in [2.24, 2.45) is 5.92 Å². The number of fused-ring (bicyclic) bond motifs is 1. The summed E-state index contributed by atoms with van der Waals surface area (Å²) in [6.07, 6.45) is -4.74. The fourth-order valence-corrected chi connectivity index (χ4v) is 2.93. The van der Waals surface area contributed by atoms with Gasteiger partial charge >= 0.3 is 6.18 Å². The van der Waals surface area contributed by atoms with Gasteiger partial charge in [0.1, 0.15) is 22.8 Å². The summed E-state index contributed by atoms with van der Waals surface area (Å²) in [5.41, 5.74) is -1.12. The third-order valence-corrected chi connectivity index (χ3v) is 4.25. The highest BCUT2D eigenvalue weighted by Gasteiger charge is 2.41. The molecule has 30 heavy (non-hydrogen) atoms. The second kappa shape index (κ2) is 8.69. The smallest absolute Gasteiger partial charge is 0.453 e. The van der Waals surface area contributed by atoms with Crippen LogP contribution in [-0.2, 0) is 12.6 Å². The van der Waals surface area contributed by atoms with Gasteiger partial charge in [-0.2, -0.15) is 13.2 Å². The summed E-state index contributed by atoms with van der Waals surface area (Å²) in [6.45, 7) is 3.67. The zero-order valence-electron chi connectivity index (χ0n) is 16.0. The van der Waals surface area contributed by atoms with Crippen LogP contribution in [0.5, 0.6) is 23.0 Å². The molecule has 1 N–H and O–H groups in total. The summed E-state index contributed by atoms with van der Waals surface area (Å²) >= 11 is 0. The third kappa shape index (κ3) is 4.53. The molecule has 0 fully saturated rings. The van der Waals surface area contributed by atoms with Crippen LogP contribution in [0.15, 0.2) is 45.6 Å². The summed E-state index contributed by atoms with van der Waals surface area (Å²) < 4.78 is 56.4. The van der Waals surface area contributed by atoms with Gasteiger partial charge in [0.05, 0.1) is 12.5 Å². The maximum absolute atomic E-state index is 13.7. The SMILES string of the molecule is C.COc1ccc(Oc2c(C(F)(F)F)oc3c(CC(C)C)c(O)ccc3c2=O)cc1. The molecule has 0 saturated carbocycles. The van der Waals surface area contributed by atoms with E-state index in [0.717, 1.165) is 0 Å². The maximum Gasteiger partial charge on any atom is 0.453 e. The molecule has 0 aliphatic rings. The normalized spacial score (nSPS) is 11.4.